The molecule has 0 bridgehead atoms. The van der Waals surface area contributed by atoms with Gasteiger partial charge in [-0.25, -0.2) is 4.79 Å². The smallest absolute Gasteiger partial charge is 0.344 e. The molecule has 0 aliphatic rings. The number of carbonyl (C=O) groups excluding carboxylic acids is 1. The molecule has 0 aliphatic heterocycles. The summed E-state index contributed by atoms with van der Waals surface area (Å²) in [6, 6.07) is 12.1. The van der Waals surface area contributed by atoms with Crippen molar-refractivity contribution in [2.45, 2.75) is 6.92 Å². The number of halogens is 1. The van der Waals surface area contributed by atoms with Crippen LogP contribution < -0.4 is 10.2 Å². The molecule has 128 valence electrons. The first-order valence-corrected chi connectivity index (χ1v) is 8.10. The Labute approximate surface area is 149 Å². The normalized spacial score (nSPS) is 10.7. The fraction of sp³-hybridized carbons (Fsp3) is 0.158. The molecule has 0 aliphatic carbocycles. The summed E-state index contributed by atoms with van der Waals surface area (Å²) in [5.41, 5.74) is 0.972. The van der Waals surface area contributed by atoms with E-state index in [0.717, 1.165) is 0 Å². The van der Waals surface area contributed by atoms with Gasteiger partial charge in [0.2, 0.25) is 5.43 Å². The molecule has 1 N–H and O–H groups in total. The van der Waals surface area contributed by atoms with E-state index in [2.05, 4.69) is 4.98 Å². The van der Waals surface area contributed by atoms with Gasteiger partial charge in [0.05, 0.1) is 30.3 Å². The summed E-state index contributed by atoms with van der Waals surface area (Å²) < 4.78 is 10.3. The zero-order valence-electron chi connectivity index (χ0n) is 13.8. The first-order chi connectivity index (χ1) is 12.1. The molecule has 0 radical (unpaired) electrons. The lowest BCUT2D eigenvalue weighted by molar-refractivity contribution is 0.0525. The van der Waals surface area contributed by atoms with Crippen molar-refractivity contribution < 1.29 is 14.3 Å². The van der Waals surface area contributed by atoms with Crippen LogP contribution in [-0.2, 0) is 4.74 Å². The van der Waals surface area contributed by atoms with Crippen LogP contribution in [0.3, 0.4) is 0 Å². The highest BCUT2D eigenvalue weighted by Crippen LogP contribution is 2.30. The summed E-state index contributed by atoms with van der Waals surface area (Å²) in [5, 5.41) is 0.773. The van der Waals surface area contributed by atoms with E-state index in [4.69, 9.17) is 21.1 Å². The van der Waals surface area contributed by atoms with Gasteiger partial charge >= 0.3 is 5.97 Å². The first-order valence-electron chi connectivity index (χ1n) is 7.72. The van der Waals surface area contributed by atoms with E-state index >= 15 is 0 Å². The zero-order valence-corrected chi connectivity index (χ0v) is 14.5. The molecule has 1 aromatic heterocycles. The number of H-pyrrole nitrogens is 1. The third kappa shape index (κ3) is 3.10. The van der Waals surface area contributed by atoms with Gasteiger partial charge in [-0.2, -0.15) is 0 Å². The SMILES string of the molecule is CCOC(=O)c1c(-c2ccccc2Cl)[nH]c2ccc(OC)cc2c1=O. The molecular formula is C19H16ClNO4. The molecule has 3 rings (SSSR count). The third-order valence-electron chi connectivity index (χ3n) is 3.83. The molecule has 25 heavy (non-hydrogen) atoms. The number of aromatic nitrogens is 1. The molecule has 6 heteroatoms. The number of methoxy groups -OCH3 is 1. The monoisotopic (exact) mass is 357 g/mol. The fourth-order valence-electron chi connectivity index (χ4n) is 2.66. The second-order valence-electron chi connectivity index (χ2n) is 5.32. The molecule has 0 unspecified atom stereocenters. The van der Waals surface area contributed by atoms with Crippen LogP contribution in [0.15, 0.2) is 47.3 Å². The van der Waals surface area contributed by atoms with Crippen LogP contribution in [0.1, 0.15) is 17.3 Å². The van der Waals surface area contributed by atoms with Crippen LogP contribution in [0, 0.1) is 0 Å². The number of pyridine rings is 1. The van der Waals surface area contributed by atoms with Gasteiger partial charge in [-0.05, 0) is 31.2 Å². The lowest BCUT2D eigenvalue weighted by atomic mass is 10.0. The molecule has 2 aromatic carbocycles. The van der Waals surface area contributed by atoms with Crippen molar-refractivity contribution in [2.75, 3.05) is 13.7 Å². The highest BCUT2D eigenvalue weighted by atomic mass is 35.5. The molecule has 5 nitrogen and oxygen atoms in total. The van der Waals surface area contributed by atoms with Crippen LogP contribution in [0.2, 0.25) is 5.02 Å². The number of fused-ring (bicyclic) bond motifs is 1. The van der Waals surface area contributed by atoms with Crippen LogP contribution in [0.4, 0.5) is 0 Å². The van der Waals surface area contributed by atoms with Gasteiger partial charge in [0.1, 0.15) is 11.3 Å². The molecule has 1 heterocycles. The molecule has 0 spiro atoms. The number of esters is 1. The Morgan fingerprint density at radius 1 is 1.20 bits per heavy atom. The van der Waals surface area contributed by atoms with Gasteiger partial charge in [-0.3, -0.25) is 4.79 Å². The van der Waals surface area contributed by atoms with Crippen molar-refractivity contribution >= 4 is 28.5 Å². The van der Waals surface area contributed by atoms with Gasteiger partial charge in [-0.15, -0.1) is 0 Å². The third-order valence-corrected chi connectivity index (χ3v) is 4.16. The van der Waals surface area contributed by atoms with Crippen molar-refractivity contribution in [3.05, 3.63) is 63.3 Å². The summed E-state index contributed by atoms with van der Waals surface area (Å²) in [6.45, 7) is 1.85. The number of hydrogen-bond acceptors (Lipinski definition) is 4. The van der Waals surface area contributed by atoms with Crippen molar-refractivity contribution in [3.63, 3.8) is 0 Å². The first kappa shape index (κ1) is 17.0. The van der Waals surface area contributed by atoms with E-state index in [1.54, 1.807) is 49.4 Å². The van der Waals surface area contributed by atoms with Crippen molar-refractivity contribution in [1.82, 2.24) is 4.98 Å². The van der Waals surface area contributed by atoms with Gasteiger partial charge in [0.25, 0.3) is 0 Å². The number of carbonyl (C=O) groups is 1. The minimum Gasteiger partial charge on any atom is -0.497 e. The molecule has 0 saturated carbocycles. The molecular weight excluding hydrogens is 342 g/mol. The zero-order chi connectivity index (χ0) is 18.0. The number of nitrogens with one attached hydrogen (secondary N) is 1. The van der Waals surface area contributed by atoms with Gasteiger partial charge < -0.3 is 14.5 Å². The van der Waals surface area contributed by atoms with Gasteiger partial charge in [0.15, 0.2) is 0 Å². The Balaban J connectivity index is 2.39. The van der Waals surface area contributed by atoms with E-state index in [1.165, 1.54) is 7.11 Å². The summed E-state index contributed by atoms with van der Waals surface area (Å²) in [4.78, 5) is 28.6. The number of ether oxygens (including phenoxy) is 2. The van der Waals surface area contributed by atoms with Crippen molar-refractivity contribution in [1.29, 1.82) is 0 Å². The van der Waals surface area contributed by atoms with E-state index in [0.29, 0.717) is 32.9 Å². The van der Waals surface area contributed by atoms with Crippen molar-refractivity contribution in [2.24, 2.45) is 0 Å². The minimum absolute atomic E-state index is 0.0734. The van der Waals surface area contributed by atoms with E-state index in [-0.39, 0.29) is 12.2 Å². The topological polar surface area (TPSA) is 68.4 Å². The summed E-state index contributed by atoms with van der Waals surface area (Å²) in [7, 11) is 1.51. The van der Waals surface area contributed by atoms with Crippen molar-refractivity contribution in [3.8, 4) is 17.0 Å². The Morgan fingerprint density at radius 2 is 1.96 bits per heavy atom. The highest BCUT2D eigenvalue weighted by Gasteiger charge is 2.22. The predicted octanol–water partition coefficient (Wildman–Crippen LogP) is 4.03. The van der Waals surface area contributed by atoms with E-state index in [9.17, 15) is 9.59 Å². The second-order valence-corrected chi connectivity index (χ2v) is 5.72. The van der Waals surface area contributed by atoms with Crippen LogP contribution in [-0.4, -0.2) is 24.7 Å². The number of aromatic amines is 1. The van der Waals surface area contributed by atoms with Crippen LogP contribution in [0.5, 0.6) is 5.75 Å². The lowest BCUT2D eigenvalue weighted by Gasteiger charge is -2.12. The number of rotatable bonds is 4. The van der Waals surface area contributed by atoms with Gasteiger partial charge in [0, 0.05) is 10.6 Å². The highest BCUT2D eigenvalue weighted by molar-refractivity contribution is 6.33. The molecule has 0 saturated heterocycles. The Kier molecular flexibility index (Phi) is 4.76. The minimum atomic E-state index is -0.691. The summed E-state index contributed by atoms with van der Waals surface area (Å²) >= 11 is 6.27. The number of hydrogen-bond donors (Lipinski definition) is 1. The maximum absolute atomic E-state index is 13.0. The maximum Gasteiger partial charge on any atom is 0.344 e. The maximum atomic E-state index is 13.0. The Morgan fingerprint density at radius 3 is 2.64 bits per heavy atom. The lowest BCUT2D eigenvalue weighted by Crippen LogP contribution is -2.20. The average molecular weight is 358 g/mol. The van der Waals surface area contributed by atoms with Gasteiger partial charge in [-0.1, -0.05) is 29.8 Å². The average Bonchev–Trinajstić information content (AvgIpc) is 2.62. The van der Waals surface area contributed by atoms with Crippen LogP contribution >= 0.6 is 11.6 Å². The Bertz CT molecular complexity index is 1010. The predicted molar refractivity (Wildman–Crippen MR) is 97.5 cm³/mol. The largest absolute Gasteiger partial charge is 0.497 e. The number of benzene rings is 2. The molecule has 3 aromatic rings. The van der Waals surface area contributed by atoms with E-state index < -0.39 is 11.4 Å². The quantitative estimate of drug-likeness (QED) is 0.716. The standard InChI is InChI=1S/C19H16ClNO4/c1-3-25-19(23)16-17(12-6-4-5-7-14(12)20)21-15-9-8-11(24-2)10-13(15)18(16)22/h4-10H,3H2,1-2H3,(H,21,22). The Hall–Kier alpha value is -2.79. The van der Waals surface area contributed by atoms with Crippen LogP contribution in [0.25, 0.3) is 22.2 Å². The molecule has 0 atom stereocenters. The molecule has 0 fully saturated rings. The summed E-state index contributed by atoms with van der Waals surface area (Å²) in [6.07, 6.45) is 0. The fourth-order valence-corrected chi connectivity index (χ4v) is 2.89. The summed E-state index contributed by atoms with van der Waals surface area (Å²) in [5.74, 6) is -0.165. The molecule has 0 amide bonds. The van der Waals surface area contributed by atoms with E-state index in [1.807, 2.05) is 0 Å². The second kappa shape index (κ2) is 6.99.